The number of rotatable bonds is 5. The molecule has 2 atom stereocenters. The summed E-state index contributed by atoms with van der Waals surface area (Å²) in [6, 6.07) is -0.0536. The first-order chi connectivity index (χ1) is 9.04. The third-order valence-corrected chi connectivity index (χ3v) is 3.95. The largest absolute Gasteiger partial charge is 0.481 e. The SMILES string of the molecule is CCN(Cc1cnn(C)c1C)C1COCC1C(=O)O. The highest BCUT2D eigenvalue weighted by molar-refractivity contribution is 5.71. The number of carboxylic acids is 1. The molecule has 1 aromatic rings. The Balaban J connectivity index is 2.12. The molecule has 0 amide bonds. The molecule has 6 heteroatoms. The van der Waals surface area contributed by atoms with Gasteiger partial charge in [0, 0.05) is 30.9 Å². The molecular formula is C13H21N3O3. The van der Waals surface area contributed by atoms with E-state index in [9.17, 15) is 9.90 Å². The maximum Gasteiger partial charge on any atom is 0.310 e. The summed E-state index contributed by atoms with van der Waals surface area (Å²) in [5, 5.41) is 13.5. The molecule has 1 N–H and O–H groups in total. The van der Waals surface area contributed by atoms with Crippen molar-refractivity contribution in [3.63, 3.8) is 0 Å². The van der Waals surface area contributed by atoms with Gasteiger partial charge < -0.3 is 9.84 Å². The normalized spacial score (nSPS) is 23.2. The fourth-order valence-corrected chi connectivity index (χ4v) is 2.52. The molecule has 1 fully saturated rings. The van der Waals surface area contributed by atoms with Gasteiger partial charge in [-0.1, -0.05) is 6.92 Å². The Kier molecular flexibility index (Phi) is 4.21. The first-order valence-corrected chi connectivity index (χ1v) is 6.56. The molecule has 0 saturated carbocycles. The first-order valence-electron chi connectivity index (χ1n) is 6.56. The number of ether oxygens (including phenoxy) is 1. The molecule has 0 radical (unpaired) electrons. The van der Waals surface area contributed by atoms with Gasteiger partial charge in [0.2, 0.25) is 0 Å². The molecule has 2 unspecified atom stereocenters. The van der Waals surface area contributed by atoms with Gasteiger partial charge in [0.15, 0.2) is 0 Å². The molecular weight excluding hydrogens is 246 g/mol. The van der Waals surface area contributed by atoms with Crippen LogP contribution in [0.5, 0.6) is 0 Å². The Morgan fingerprint density at radius 1 is 1.63 bits per heavy atom. The Labute approximate surface area is 113 Å². The lowest BCUT2D eigenvalue weighted by atomic mass is 10.0. The molecule has 1 aliphatic rings. The minimum absolute atomic E-state index is 0.0536. The van der Waals surface area contributed by atoms with E-state index in [1.807, 2.05) is 31.8 Å². The third kappa shape index (κ3) is 2.79. The fourth-order valence-electron chi connectivity index (χ4n) is 2.52. The zero-order chi connectivity index (χ0) is 14.0. The van der Waals surface area contributed by atoms with Crippen molar-refractivity contribution in [2.45, 2.75) is 26.4 Å². The zero-order valence-corrected chi connectivity index (χ0v) is 11.7. The van der Waals surface area contributed by atoms with Gasteiger partial charge in [-0.2, -0.15) is 5.10 Å². The van der Waals surface area contributed by atoms with Crippen LogP contribution in [0.15, 0.2) is 6.20 Å². The minimum atomic E-state index is -0.774. The van der Waals surface area contributed by atoms with Crippen molar-refractivity contribution < 1.29 is 14.6 Å². The molecule has 19 heavy (non-hydrogen) atoms. The zero-order valence-electron chi connectivity index (χ0n) is 11.7. The van der Waals surface area contributed by atoms with Gasteiger partial charge >= 0.3 is 5.97 Å². The number of likely N-dealkylation sites (N-methyl/N-ethyl adjacent to an activating group) is 1. The van der Waals surface area contributed by atoms with Gasteiger partial charge in [0.1, 0.15) is 0 Å². The predicted molar refractivity (Wildman–Crippen MR) is 69.8 cm³/mol. The molecule has 2 heterocycles. The summed E-state index contributed by atoms with van der Waals surface area (Å²) in [6.07, 6.45) is 1.85. The second-order valence-electron chi connectivity index (χ2n) is 4.99. The molecule has 1 saturated heterocycles. The quantitative estimate of drug-likeness (QED) is 0.848. The molecule has 1 aliphatic heterocycles. The Hall–Kier alpha value is -1.40. The number of carboxylic acid groups (broad SMARTS) is 1. The van der Waals surface area contributed by atoms with E-state index in [-0.39, 0.29) is 6.04 Å². The number of aliphatic carboxylic acids is 1. The van der Waals surface area contributed by atoms with Crippen LogP contribution >= 0.6 is 0 Å². The van der Waals surface area contributed by atoms with Crippen LogP contribution in [0.25, 0.3) is 0 Å². The van der Waals surface area contributed by atoms with Crippen molar-refractivity contribution in [1.29, 1.82) is 0 Å². The molecule has 1 aromatic heterocycles. The summed E-state index contributed by atoms with van der Waals surface area (Å²) in [6.45, 7) is 6.38. The van der Waals surface area contributed by atoms with Gasteiger partial charge in [0.25, 0.3) is 0 Å². The van der Waals surface area contributed by atoms with E-state index >= 15 is 0 Å². The molecule has 106 valence electrons. The lowest BCUT2D eigenvalue weighted by Gasteiger charge is -2.28. The molecule has 6 nitrogen and oxygen atoms in total. The number of hydrogen-bond donors (Lipinski definition) is 1. The highest BCUT2D eigenvalue weighted by Gasteiger charge is 2.37. The van der Waals surface area contributed by atoms with E-state index in [2.05, 4.69) is 10.00 Å². The molecule has 0 aromatic carbocycles. The van der Waals surface area contributed by atoms with Gasteiger partial charge in [-0.15, -0.1) is 0 Å². The van der Waals surface area contributed by atoms with Crippen molar-refractivity contribution in [2.75, 3.05) is 19.8 Å². The highest BCUT2D eigenvalue weighted by atomic mass is 16.5. The van der Waals surface area contributed by atoms with Gasteiger partial charge in [0.05, 0.1) is 25.3 Å². The Bertz CT molecular complexity index is 458. The lowest BCUT2D eigenvalue weighted by Crippen LogP contribution is -2.42. The lowest BCUT2D eigenvalue weighted by molar-refractivity contribution is -0.143. The number of aryl methyl sites for hydroxylation is 1. The van der Waals surface area contributed by atoms with Gasteiger partial charge in [-0.05, 0) is 13.5 Å². The van der Waals surface area contributed by atoms with Crippen molar-refractivity contribution in [2.24, 2.45) is 13.0 Å². The number of carbonyl (C=O) groups is 1. The van der Waals surface area contributed by atoms with E-state index in [4.69, 9.17) is 4.74 Å². The Morgan fingerprint density at radius 2 is 2.37 bits per heavy atom. The number of hydrogen-bond acceptors (Lipinski definition) is 4. The second kappa shape index (κ2) is 5.71. The van der Waals surface area contributed by atoms with Crippen LogP contribution in [0.4, 0.5) is 0 Å². The summed E-state index contributed by atoms with van der Waals surface area (Å²) < 4.78 is 7.18. The molecule has 0 bridgehead atoms. The van der Waals surface area contributed by atoms with Crippen LogP contribution in [0, 0.1) is 12.8 Å². The molecule has 2 rings (SSSR count). The third-order valence-electron chi connectivity index (χ3n) is 3.95. The predicted octanol–water partition coefficient (Wildman–Crippen LogP) is 0.650. The van der Waals surface area contributed by atoms with Crippen molar-refractivity contribution in [3.05, 3.63) is 17.5 Å². The number of aromatic nitrogens is 2. The summed E-state index contributed by atoms with van der Waals surface area (Å²) in [4.78, 5) is 13.4. The molecule has 0 spiro atoms. The van der Waals surface area contributed by atoms with Crippen LogP contribution in [0.3, 0.4) is 0 Å². The van der Waals surface area contributed by atoms with Crippen molar-refractivity contribution in [1.82, 2.24) is 14.7 Å². The van der Waals surface area contributed by atoms with Crippen LogP contribution in [-0.2, 0) is 23.1 Å². The van der Waals surface area contributed by atoms with Crippen molar-refractivity contribution in [3.8, 4) is 0 Å². The maximum absolute atomic E-state index is 11.2. The monoisotopic (exact) mass is 267 g/mol. The highest BCUT2D eigenvalue weighted by Crippen LogP contribution is 2.22. The van der Waals surface area contributed by atoms with E-state index < -0.39 is 11.9 Å². The van der Waals surface area contributed by atoms with Crippen LogP contribution in [0.2, 0.25) is 0 Å². The summed E-state index contributed by atoms with van der Waals surface area (Å²) in [5.41, 5.74) is 2.25. The van der Waals surface area contributed by atoms with Gasteiger partial charge in [-0.25, -0.2) is 0 Å². The average molecular weight is 267 g/mol. The smallest absolute Gasteiger partial charge is 0.310 e. The van der Waals surface area contributed by atoms with E-state index in [0.29, 0.717) is 19.8 Å². The van der Waals surface area contributed by atoms with Gasteiger partial charge in [-0.3, -0.25) is 14.4 Å². The van der Waals surface area contributed by atoms with Crippen LogP contribution in [0.1, 0.15) is 18.2 Å². The second-order valence-corrected chi connectivity index (χ2v) is 4.99. The number of nitrogens with zero attached hydrogens (tertiary/aromatic N) is 3. The van der Waals surface area contributed by atoms with Crippen molar-refractivity contribution >= 4 is 5.97 Å². The van der Waals surface area contributed by atoms with E-state index in [0.717, 1.165) is 17.8 Å². The fraction of sp³-hybridized carbons (Fsp3) is 0.692. The van der Waals surface area contributed by atoms with E-state index in [1.165, 1.54) is 0 Å². The topological polar surface area (TPSA) is 67.6 Å². The summed E-state index contributed by atoms with van der Waals surface area (Å²) in [7, 11) is 1.91. The standard InChI is InChI=1S/C13H21N3O3/c1-4-16(6-10-5-14-15(3)9(10)2)12-8-19-7-11(12)13(17)18/h5,11-12H,4,6-8H2,1-3H3,(H,17,18). The summed E-state index contributed by atoms with van der Waals surface area (Å²) >= 11 is 0. The minimum Gasteiger partial charge on any atom is -0.481 e. The van der Waals surface area contributed by atoms with Crippen LogP contribution in [-0.4, -0.2) is 51.6 Å². The average Bonchev–Trinajstić information content (AvgIpc) is 2.97. The molecule has 0 aliphatic carbocycles. The Morgan fingerprint density at radius 3 is 2.89 bits per heavy atom. The maximum atomic E-state index is 11.2. The first kappa shape index (κ1) is 14.0. The van der Waals surface area contributed by atoms with E-state index in [1.54, 1.807) is 0 Å². The van der Waals surface area contributed by atoms with Crippen LogP contribution < -0.4 is 0 Å². The summed E-state index contributed by atoms with van der Waals surface area (Å²) in [5.74, 6) is -1.21.